The molecule has 3 N–H and O–H groups in total. The van der Waals surface area contributed by atoms with Crippen molar-refractivity contribution in [2.45, 2.75) is 19.3 Å². The monoisotopic (exact) mass is 306 g/mol. The van der Waals surface area contributed by atoms with Crippen LogP contribution in [0.15, 0.2) is 24.5 Å². The first kappa shape index (κ1) is 14.0. The number of benzene rings is 1. The molecule has 0 atom stereocenters. The van der Waals surface area contributed by atoms with Crippen LogP contribution in [0.1, 0.15) is 19.3 Å². The number of amides is 1. The summed E-state index contributed by atoms with van der Waals surface area (Å²) in [6, 6.07) is 5.21. The summed E-state index contributed by atoms with van der Waals surface area (Å²) in [7, 11) is 0. The van der Waals surface area contributed by atoms with Crippen molar-refractivity contribution < 1.29 is 4.79 Å². The zero-order chi connectivity index (χ0) is 14.9. The first-order valence-electron chi connectivity index (χ1n) is 6.69. The van der Waals surface area contributed by atoms with Crippen LogP contribution in [0.3, 0.4) is 0 Å². The van der Waals surface area contributed by atoms with Gasteiger partial charge in [-0.1, -0.05) is 18.0 Å². The van der Waals surface area contributed by atoms with Crippen molar-refractivity contribution in [1.29, 1.82) is 0 Å². The molecule has 0 spiro atoms. The molecule has 3 rings (SSSR count). The van der Waals surface area contributed by atoms with E-state index < -0.39 is 5.41 Å². The maximum absolute atomic E-state index is 12.4. The summed E-state index contributed by atoms with van der Waals surface area (Å²) in [5.74, 6) is -0.0768. The zero-order valence-electron chi connectivity index (χ0n) is 11.3. The van der Waals surface area contributed by atoms with E-state index in [1.165, 1.54) is 11.0 Å². The Kier molecular flexibility index (Phi) is 3.60. The van der Waals surface area contributed by atoms with Gasteiger partial charge in [0.25, 0.3) is 0 Å². The Balaban J connectivity index is 1.85. The lowest BCUT2D eigenvalue weighted by Crippen LogP contribution is -2.47. The first-order valence-corrected chi connectivity index (χ1v) is 7.07. The summed E-state index contributed by atoms with van der Waals surface area (Å²) in [4.78, 5) is 12.4. The molecule has 1 saturated carbocycles. The fourth-order valence-electron chi connectivity index (χ4n) is 2.41. The Morgan fingerprint density at radius 1 is 1.48 bits per heavy atom. The molecule has 1 amide bonds. The van der Waals surface area contributed by atoms with E-state index in [4.69, 9.17) is 17.3 Å². The fourth-order valence-corrected chi connectivity index (χ4v) is 2.58. The maximum atomic E-state index is 12.4. The van der Waals surface area contributed by atoms with Crippen LogP contribution in [-0.2, 0) is 4.79 Å². The van der Waals surface area contributed by atoms with E-state index in [0.717, 1.165) is 24.9 Å². The fraction of sp³-hybridized carbons (Fsp3) is 0.385. The number of nitrogens with one attached hydrogen (secondary N) is 1. The molecule has 1 aromatic carbocycles. The lowest BCUT2D eigenvalue weighted by molar-refractivity contribution is -0.129. The van der Waals surface area contributed by atoms with Crippen molar-refractivity contribution in [3.63, 3.8) is 0 Å². The highest BCUT2D eigenvalue weighted by Gasteiger charge is 2.42. The molecular weight excluding hydrogens is 292 g/mol. The summed E-state index contributed by atoms with van der Waals surface area (Å²) in [6.07, 6.45) is 4.14. The predicted octanol–water partition coefficient (Wildman–Crippen LogP) is 1.38. The molecule has 1 fully saturated rings. The number of rotatable bonds is 4. The Bertz CT molecular complexity index is 647. The normalized spacial score (nSPS) is 16.3. The molecule has 0 aliphatic heterocycles. The Labute approximate surface area is 126 Å². The van der Waals surface area contributed by atoms with Gasteiger partial charge in [-0.25, -0.2) is 4.68 Å². The van der Waals surface area contributed by atoms with Crippen LogP contribution in [0.4, 0.5) is 5.69 Å². The van der Waals surface area contributed by atoms with Gasteiger partial charge in [-0.15, -0.1) is 5.10 Å². The molecule has 2 aromatic rings. The molecule has 0 radical (unpaired) electrons. The summed E-state index contributed by atoms with van der Waals surface area (Å²) >= 11 is 6.15. The number of hydrogen-bond donors (Lipinski definition) is 2. The molecule has 0 unspecified atom stereocenters. The quantitative estimate of drug-likeness (QED) is 0.889. The summed E-state index contributed by atoms with van der Waals surface area (Å²) in [6.45, 7) is 0.350. The van der Waals surface area contributed by atoms with Gasteiger partial charge in [-0.05, 0) is 41.5 Å². The number of tetrazole rings is 1. The van der Waals surface area contributed by atoms with Crippen LogP contribution in [0.5, 0.6) is 0 Å². The minimum atomic E-state index is -0.450. The number of anilines is 1. The van der Waals surface area contributed by atoms with Gasteiger partial charge in [0, 0.05) is 6.54 Å². The predicted molar refractivity (Wildman–Crippen MR) is 78.1 cm³/mol. The van der Waals surface area contributed by atoms with Gasteiger partial charge in [0.2, 0.25) is 5.91 Å². The SMILES string of the molecule is NCC1(C(=O)Nc2cc(-n3cnnn3)ccc2Cl)CCC1. The smallest absolute Gasteiger partial charge is 0.231 e. The molecule has 1 aliphatic rings. The van der Waals surface area contributed by atoms with Crippen molar-refractivity contribution in [2.24, 2.45) is 11.1 Å². The van der Waals surface area contributed by atoms with Gasteiger partial charge in [-0.3, -0.25) is 4.79 Å². The molecule has 1 heterocycles. The third-order valence-corrected chi connectivity index (χ3v) is 4.32. The Morgan fingerprint density at radius 2 is 2.29 bits per heavy atom. The average molecular weight is 307 g/mol. The second-order valence-electron chi connectivity index (χ2n) is 5.21. The van der Waals surface area contributed by atoms with Crippen molar-refractivity contribution in [3.05, 3.63) is 29.5 Å². The van der Waals surface area contributed by atoms with E-state index in [1.54, 1.807) is 18.2 Å². The lowest BCUT2D eigenvalue weighted by Gasteiger charge is -2.39. The van der Waals surface area contributed by atoms with Crippen LogP contribution in [0.2, 0.25) is 5.02 Å². The van der Waals surface area contributed by atoms with E-state index in [1.807, 2.05) is 0 Å². The Hall–Kier alpha value is -1.99. The Morgan fingerprint density at radius 3 is 2.86 bits per heavy atom. The van der Waals surface area contributed by atoms with Gasteiger partial charge in [0.05, 0.1) is 21.8 Å². The molecule has 8 heteroatoms. The molecular formula is C13H15ClN6O. The number of hydrogen-bond acceptors (Lipinski definition) is 5. The van der Waals surface area contributed by atoms with E-state index in [2.05, 4.69) is 20.8 Å². The number of carbonyl (C=O) groups excluding carboxylic acids is 1. The second kappa shape index (κ2) is 5.42. The largest absolute Gasteiger partial charge is 0.329 e. The van der Waals surface area contributed by atoms with E-state index in [9.17, 15) is 4.79 Å². The second-order valence-corrected chi connectivity index (χ2v) is 5.62. The number of nitrogens with two attached hydrogens (primary N) is 1. The van der Waals surface area contributed by atoms with Crippen molar-refractivity contribution >= 4 is 23.2 Å². The molecule has 1 aromatic heterocycles. The van der Waals surface area contributed by atoms with Gasteiger partial charge >= 0.3 is 0 Å². The van der Waals surface area contributed by atoms with Gasteiger partial charge in [0.15, 0.2) is 0 Å². The van der Waals surface area contributed by atoms with Gasteiger partial charge in [-0.2, -0.15) is 0 Å². The number of nitrogens with zero attached hydrogens (tertiary/aromatic N) is 4. The van der Waals surface area contributed by atoms with Crippen LogP contribution in [0.25, 0.3) is 5.69 Å². The van der Waals surface area contributed by atoms with Crippen LogP contribution < -0.4 is 11.1 Å². The van der Waals surface area contributed by atoms with Crippen molar-refractivity contribution in [2.75, 3.05) is 11.9 Å². The zero-order valence-corrected chi connectivity index (χ0v) is 12.0. The molecule has 110 valence electrons. The number of carbonyl (C=O) groups is 1. The average Bonchev–Trinajstić information content (AvgIpc) is 2.94. The van der Waals surface area contributed by atoms with Crippen LogP contribution >= 0.6 is 11.6 Å². The molecule has 7 nitrogen and oxygen atoms in total. The van der Waals surface area contributed by atoms with E-state index in [0.29, 0.717) is 17.3 Å². The molecule has 0 bridgehead atoms. The maximum Gasteiger partial charge on any atom is 0.231 e. The minimum absolute atomic E-state index is 0.0768. The van der Waals surface area contributed by atoms with Crippen LogP contribution in [-0.4, -0.2) is 32.7 Å². The summed E-state index contributed by atoms with van der Waals surface area (Å²) in [5.41, 5.74) is 6.55. The highest BCUT2D eigenvalue weighted by molar-refractivity contribution is 6.33. The van der Waals surface area contributed by atoms with Crippen LogP contribution in [0, 0.1) is 5.41 Å². The summed E-state index contributed by atoms with van der Waals surface area (Å²) < 4.78 is 1.49. The third-order valence-electron chi connectivity index (χ3n) is 3.99. The topological polar surface area (TPSA) is 98.7 Å². The summed E-state index contributed by atoms with van der Waals surface area (Å²) in [5, 5.41) is 14.3. The van der Waals surface area contributed by atoms with Gasteiger partial charge in [0.1, 0.15) is 6.33 Å². The highest BCUT2D eigenvalue weighted by atomic mass is 35.5. The van der Waals surface area contributed by atoms with E-state index >= 15 is 0 Å². The minimum Gasteiger partial charge on any atom is -0.329 e. The van der Waals surface area contributed by atoms with Gasteiger partial charge < -0.3 is 11.1 Å². The van der Waals surface area contributed by atoms with Crippen molar-refractivity contribution in [1.82, 2.24) is 20.2 Å². The first-order chi connectivity index (χ1) is 10.1. The number of halogens is 1. The molecule has 1 aliphatic carbocycles. The lowest BCUT2D eigenvalue weighted by atomic mass is 9.68. The van der Waals surface area contributed by atoms with E-state index in [-0.39, 0.29) is 5.91 Å². The standard InChI is InChI=1S/C13H15ClN6O/c14-10-3-2-9(20-8-16-18-19-20)6-11(10)17-12(21)13(7-15)4-1-5-13/h2-3,6,8H,1,4-5,7,15H2,(H,17,21). The molecule has 21 heavy (non-hydrogen) atoms. The number of aromatic nitrogens is 4. The highest BCUT2D eigenvalue weighted by Crippen LogP contribution is 2.41. The third kappa shape index (κ3) is 2.50. The van der Waals surface area contributed by atoms with Crippen molar-refractivity contribution in [3.8, 4) is 5.69 Å². The molecule has 0 saturated heterocycles.